The number of carbonyl (C=O) groups excluding carboxylic acids is 1. The van der Waals surface area contributed by atoms with Gasteiger partial charge in [0.1, 0.15) is 11.6 Å². The minimum atomic E-state index is -0.381. The van der Waals surface area contributed by atoms with Crippen molar-refractivity contribution in [2.24, 2.45) is 0 Å². The van der Waals surface area contributed by atoms with Crippen LogP contribution in [0.3, 0.4) is 0 Å². The Morgan fingerprint density at radius 2 is 2.21 bits per heavy atom. The maximum Gasteiger partial charge on any atom is 0.258 e. The number of nitrogens with zero attached hydrogens (tertiary/aromatic N) is 2. The molecule has 0 saturated carbocycles. The molecule has 0 unspecified atom stereocenters. The molecule has 0 aliphatic heterocycles. The third-order valence-corrected chi connectivity index (χ3v) is 3.52. The van der Waals surface area contributed by atoms with Crippen molar-refractivity contribution in [1.29, 1.82) is 0 Å². The molecule has 0 aromatic carbocycles. The molecule has 0 fully saturated rings. The number of amides is 1. The van der Waals surface area contributed by atoms with Crippen LogP contribution in [0.5, 0.6) is 0 Å². The van der Waals surface area contributed by atoms with Gasteiger partial charge in [0.05, 0.1) is 16.3 Å². The lowest BCUT2D eigenvalue weighted by molar-refractivity contribution is 0.102. The summed E-state index contributed by atoms with van der Waals surface area (Å²) in [6, 6.07) is 4.91. The van der Waals surface area contributed by atoms with Crippen LogP contribution in [0.2, 0.25) is 5.02 Å². The van der Waals surface area contributed by atoms with Crippen LogP contribution in [0, 0.1) is 6.92 Å². The Labute approximate surface area is 123 Å². The van der Waals surface area contributed by atoms with Crippen molar-refractivity contribution in [1.82, 2.24) is 9.97 Å². The van der Waals surface area contributed by atoms with Gasteiger partial charge in [-0.15, -0.1) is 0 Å². The second kappa shape index (κ2) is 5.54. The lowest BCUT2D eigenvalue weighted by Gasteiger charge is -2.07. The number of nitrogens with two attached hydrogens (primary N) is 1. The summed E-state index contributed by atoms with van der Waals surface area (Å²) in [5, 5.41) is 2.89. The first-order valence-corrected chi connectivity index (χ1v) is 6.50. The molecule has 0 radical (unpaired) electrons. The van der Waals surface area contributed by atoms with Crippen LogP contribution in [-0.4, -0.2) is 15.9 Å². The zero-order valence-electron chi connectivity index (χ0n) is 9.95. The highest BCUT2D eigenvalue weighted by molar-refractivity contribution is 9.10. The monoisotopic (exact) mass is 340 g/mol. The number of halogens is 2. The molecule has 19 heavy (non-hydrogen) atoms. The SMILES string of the molecule is Cc1nc(NC(=O)c2cc(N)ncc2Cl)ccc1Br. The van der Waals surface area contributed by atoms with E-state index in [1.807, 2.05) is 6.92 Å². The van der Waals surface area contributed by atoms with Gasteiger partial charge >= 0.3 is 0 Å². The number of aryl methyl sites for hydroxylation is 1. The van der Waals surface area contributed by atoms with Crippen molar-refractivity contribution >= 4 is 45.1 Å². The van der Waals surface area contributed by atoms with Gasteiger partial charge in [-0.1, -0.05) is 11.6 Å². The highest BCUT2D eigenvalue weighted by Crippen LogP contribution is 2.20. The first-order chi connectivity index (χ1) is 8.97. The number of rotatable bonds is 2. The highest BCUT2D eigenvalue weighted by atomic mass is 79.9. The molecule has 2 rings (SSSR count). The molecule has 5 nitrogen and oxygen atoms in total. The molecule has 0 bridgehead atoms. The van der Waals surface area contributed by atoms with Crippen LogP contribution in [-0.2, 0) is 0 Å². The number of pyridine rings is 2. The van der Waals surface area contributed by atoms with Gasteiger partial charge < -0.3 is 11.1 Å². The number of aromatic nitrogens is 2. The zero-order valence-corrected chi connectivity index (χ0v) is 12.3. The second-order valence-corrected chi connectivity index (χ2v) is 5.07. The predicted octanol–water partition coefficient (Wildman–Crippen LogP) is 3.04. The summed E-state index contributed by atoms with van der Waals surface area (Å²) < 4.78 is 0.872. The number of hydrogen-bond acceptors (Lipinski definition) is 4. The van der Waals surface area contributed by atoms with Crippen LogP contribution in [0.15, 0.2) is 28.9 Å². The molecule has 0 saturated heterocycles. The molecule has 0 aliphatic rings. The van der Waals surface area contributed by atoms with E-state index in [0.29, 0.717) is 5.82 Å². The molecule has 2 aromatic rings. The van der Waals surface area contributed by atoms with Gasteiger partial charge in [-0.3, -0.25) is 4.79 Å². The molecular weight excluding hydrogens is 332 g/mol. The fraction of sp³-hybridized carbons (Fsp3) is 0.0833. The minimum Gasteiger partial charge on any atom is -0.384 e. The molecule has 0 atom stereocenters. The Balaban J connectivity index is 2.25. The molecule has 0 aliphatic carbocycles. The van der Waals surface area contributed by atoms with E-state index in [0.717, 1.165) is 10.2 Å². The van der Waals surface area contributed by atoms with Crippen molar-refractivity contribution in [3.63, 3.8) is 0 Å². The third-order valence-electron chi connectivity index (χ3n) is 2.38. The second-order valence-electron chi connectivity index (χ2n) is 3.81. The van der Waals surface area contributed by atoms with Crippen LogP contribution in [0.1, 0.15) is 16.1 Å². The van der Waals surface area contributed by atoms with Crippen molar-refractivity contribution < 1.29 is 4.79 Å². The maximum absolute atomic E-state index is 12.1. The lowest BCUT2D eigenvalue weighted by Crippen LogP contribution is -2.14. The smallest absolute Gasteiger partial charge is 0.258 e. The molecule has 2 heterocycles. The van der Waals surface area contributed by atoms with E-state index in [-0.39, 0.29) is 22.3 Å². The van der Waals surface area contributed by atoms with Crippen LogP contribution >= 0.6 is 27.5 Å². The number of nitrogen functional groups attached to an aromatic ring is 1. The fourth-order valence-electron chi connectivity index (χ4n) is 1.43. The van der Waals surface area contributed by atoms with Crippen molar-refractivity contribution in [2.45, 2.75) is 6.92 Å². The molecule has 0 spiro atoms. The zero-order chi connectivity index (χ0) is 14.0. The van der Waals surface area contributed by atoms with Crippen molar-refractivity contribution in [3.05, 3.63) is 45.1 Å². The van der Waals surface area contributed by atoms with Gasteiger partial charge in [0.25, 0.3) is 5.91 Å². The van der Waals surface area contributed by atoms with E-state index < -0.39 is 0 Å². The summed E-state index contributed by atoms with van der Waals surface area (Å²) in [6.45, 7) is 1.83. The Kier molecular flexibility index (Phi) is 4.01. The van der Waals surface area contributed by atoms with Gasteiger partial charge in [0.2, 0.25) is 0 Å². The van der Waals surface area contributed by atoms with Crippen molar-refractivity contribution in [3.8, 4) is 0 Å². The van der Waals surface area contributed by atoms with Crippen molar-refractivity contribution in [2.75, 3.05) is 11.1 Å². The first-order valence-electron chi connectivity index (χ1n) is 5.33. The summed E-state index contributed by atoms with van der Waals surface area (Å²) in [4.78, 5) is 20.1. The van der Waals surface area contributed by atoms with Crippen LogP contribution in [0.4, 0.5) is 11.6 Å². The van der Waals surface area contributed by atoms with E-state index in [4.69, 9.17) is 17.3 Å². The Hall–Kier alpha value is -1.66. The first kappa shape index (κ1) is 13.8. The number of carbonyl (C=O) groups is 1. The number of anilines is 2. The molecule has 7 heteroatoms. The normalized spacial score (nSPS) is 10.3. The van der Waals surface area contributed by atoms with Crippen LogP contribution < -0.4 is 11.1 Å². The molecule has 1 amide bonds. The standard InChI is InChI=1S/C12H10BrClN4O/c1-6-8(13)2-3-11(17-6)18-12(19)7-4-10(15)16-5-9(7)14/h2-5H,1H3,(H2,15,16)(H,17,18,19). The van der Waals surface area contributed by atoms with E-state index >= 15 is 0 Å². The number of nitrogens with one attached hydrogen (secondary N) is 1. The Morgan fingerprint density at radius 1 is 1.47 bits per heavy atom. The third kappa shape index (κ3) is 3.21. The minimum absolute atomic E-state index is 0.231. The summed E-state index contributed by atoms with van der Waals surface area (Å²) in [7, 11) is 0. The molecule has 3 N–H and O–H groups in total. The number of hydrogen-bond donors (Lipinski definition) is 2. The van der Waals surface area contributed by atoms with E-state index in [9.17, 15) is 4.79 Å². The quantitative estimate of drug-likeness (QED) is 0.879. The average molecular weight is 342 g/mol. The fourth-order valence-corrected chi connectivity index (χ4v) is 1.84. The summed E-state index contributed by atoms with van der Waals surface area (Å²) in [5.74, 6) is 0.292. The maximum atomic E-state index is 12.1. The Morgan fingerprint density at radius 3 is 2.89 bits per heavy atom. The van der Waals surface area contributed by atoms with Gasteiger partial charge in [0, 0.05) is 10.7 Å². The lowest BCUT2D eigenvalue weighted by atomic mass is 10.2. The van der Waals surface area contributed by atoms with E-state index in [2.05, 4.69) is 31.2 Å². The highest BCUT2D eigenvalue weighted by Gasteiger charge is 2.12. The van der Waals surface area contributed by atoms with Gasteiger partial charge in [0.15, 0.2) is 0 Å². The Bertz CT molecular complexity index is 648. The topological polar surface area (TPSA) is 80.9 Å². The van der Waals surface area contributed by atoms with Gasteiger partial charge in [-0.25, -0.2) is 9.97 Å². The van der Waals surface area contributed by atoms with E-state index in [1.54, 1.807) is 12.1 Å². The largest absolute Gasteiger partial charge is 0.384 e. The van der Waals surface area contributed by atoms with Crippen LogP contribution in [0.25, 0.3) is 0 Å². The average Bonchev–Trinajstić information content (AvgIpc) is 2.36. The summed E-state index contributed by atoms with van der Waals surface area (Å²) in [6.07, 6.45) is 1.34. The van der Waals surface area contributed by atoms with Gasteiger partial charge in [-0.05, 0) is 41.1 Å². The predicted molar refractivity (Wildman–Crippen MR) is 78.3 cm³/mol. The summed E-state index contributed by atoms with van der Waals surface area (Å²) in [5.41, 5.74) is 6.57. The molecule has 2 aromatic heterocycles. The molecular formula is C12H10BrClN4O. The van der Waals surface area contributed by atoms with Gasteiger partial charge in [-0.2, -0.15) is 0 Å². The molecule has 98 valence electrons. The van der Waals surface area contributed by atoms with E-state index in [1.165, 1.54) is 12.3 Å². The summed E-state index contributed by atoms with van der Waals surface area (Å²) >= 11 is 9.25.